The molecule has 0 saturated carbocycles. The molecule has 90 valence electrons. The second-order valence-electron chi connectivity index (χ2n) is 4.66. The minimum atomic E-state index is 0.424. The van der Waals surface area contributed by atoms with Gasteiger partial charge in [0, 0.05) is 25.4 Å². The number of aromatic nitrogens is 2. The fourth-order valence-corrected chi connectivity index (χ4v) is 2.02. The molecule has 3 heteroatoms. The molecular weight excluding hydrogens is 210 g/mol. The van der Waals surface area contributed by atoms with Crippen molar-refractivity contribution in [1.29, 1.82) is 0 Å². The lowest BCUT2D eigenvalue weighted by molar-refractivity contribution is 0.713. The van der Waals surface area contributed by atoms with E-state index in [9.17, 15) is 0 Å². The maximum atomic E-state index is 5.68. The first-order valence-electron chi connectivity index (χ1n) is 5.94. The Balaban J connectivity index is 2.51. The Bertz CT molecular complexity index is 512. The Morgan fingerprint density at radius 2 is 2.12 bits per heavy atom. The smallest absolute Gasteiger partial charge is 0.0728 e. The summed E-state index contributed by atoms with van der Waals surface area (Å²) >= 11 is 0. The highest BCUT2D eigenvalue weighted by molar-refractivity contribution is 5.66. The first-order valence-corrected chi connectivity index (χ1v) is 5.94. The average molecular weight is 229 g/mol. The second kappa shape index (κ2) is 4.72. The van der Waals surface area contributed by atoms with Crippen LogP contribution in [0.3, 0.4) is 0 Å². The Hall–Kier alpha value is -1.61. The van der Waals surface area contributed by atoms with Crippen LogP contribution in [0.1, 0.15) is 31.0 Å². The summed E-state index contributed by atoms with van der Waals surface area (Å²) in [4.78, 5) is 0. The van der Waals surface area contributed by atoms with E-state index in [4.69, 9.17) is 5.73 Å². The van der Waals surface area contributed by atoms with Gasteiger partial charge < -0.3 is 5.73 Å². The van der Waals surface area contributed by atoms with E-state index in [-0.39, 0.29) is 0 Å². The highest BCUT2D eigenvalue weighted by atomic mass is 15.3. The summed E-state index contributed by atoms with van der Waals surface area (Å²) in [7, 11) is 1.96. The van der Waals surface area contributed by atoms with E-state index in [1.165, 1.54) is 11.1 Å². The zero-order valence-corrected chi connectivity index (χ0v) is 10.6. The second-order valence-corrected chi connectivity index (χ2v) is 4.66. The summed E-state index contributed by atoms with van der Waals surface area (Å²) in [5, 5.41) is 4.53. The molecule has 2 rings (SSSR count). The summed E-state index contributed by atoms with van der Waals surface area (Å²) in [6.45, 7) is 4.91. The van der Waals surface area contributed by atoms with E-state index in [1.807, 2.05) is 11.7 Å². The van der Waals surface area contributed by atoms with Gasteiger partial charge in [-0.15, -0.1) is 0 Å². The van der Waals surface area contributed by atoms with Gasteiger partial charge in [-0.1, -0.05) is 32.0 Å². The molecule has 17 heavy (non-hydrogen) atoms. The predicted molar refractivity (Wildman–Crippen MR) is 70.6 cm³/mol. The molecule has 2 N–H and O–H groups in total. The third-order valence-corrected chi connectivity index (χ3v) is 2.88. The molecule has 0 bridgehead atoms. The maximum absolute atomic E-state index is 5.68. The van der Waals surface area contributed by atoms with Crippen molar-refractivity contribution in [2.24, 2.45) is 12.8 Å². The SMILES string of the molecule is CC(C)c1nn(C)cc1-c1cccc(CN)c1. The van der Waals surface area contributed by atoms with Crippen molar-refractivity contribution < 1.29 is 0 Å². The molecule has 0 fully saturated rings. The van der Waals surface area contributed by atoms with Gasteiger partial charge in [0.2, 0.25) is 0 Å². The van der Waals surface area contributed by atoms with Gasteiger partial charge in [0.05, 0.1) is 5.69 Å². The van der Waals surface area contributed by atoms with Gasteiger partial charge in [-0.05, 0) is 23.1 Å². The van der Waals surface area contributed by atoms with Crippen molar-refractivity contribution in [2.75, 3.05) is 0 Å². The minimum Gasteiger partial charge on any atom is -0.326 e. The van der Waals surface area contributed by atoms with Gasteiger partial charge in [-0.25, -0.2) is 0 Å². The molecule has 0 aliphatic rings. The Morgan fingerprint density at radius 1 is 1.35 bits per heavy atom. The van der Waals surface area contributed by atoms with Gasteiger partial charge in [0.25, 0.3) is 0 Å². The van der Waals surface area contributed by atoms with Crippen molar-refractivity contribution in [3.8, 4) is 11.1 Å². The molecule has 3 nitrogen and oxygen atoms in total. The highest BCUT2D eigenvalue weighted by Crippen LogP contribution is 2.28. The van der Waals surface area contributed by atoms with Gasteiger partial charge in [-0.3, -0.25) is 4.68 Å². The lowest BCUT2D eigenvalue weighted by Crippen LogP contribution is -1.96. The van der Waals surface area contributed by atoms with Crippen LogP contribution in [0.5, 0.6) is 0 Å². The highest BCUT2D eigenvalue weighted by Gasteiger charge is 2.13. The van der Waals surface area contributed by atoms with E-state index in [2.05, 4.69) is 49.4 Å². The van der Waals surface area contributed by atoms with Crippen molar-refractivity contribution in [3.05, 3.63) is 41.7 Å². The number of nitrogens with two attached hydrogens (primary N) is 1. The largest absolute Gasteiger partial charge is 0.326 e. The lowest BCUT2D eigenvalue weighted by atomic mass is 9.99. The average Bonchev–Trinajstić information content (AvgIpc) is 2.72. The van der Waals surface area contributed by atoms with Gasteiger partial charge in [0.1, 0.15) is 0 Å². The molecule has 1 aromatic heterocycles. The summed E-state index contributed by atoms with van der Waals surface area (Å²) in [6.07, 6.45) is 2.07. The van der Waals surface area contributed by atoms with Crippen LogP contribution in [0.4, 0.5) is 0 Å². The normalized spacial score (nSPS) is 11.1. The van der Waals surface area contributed by atoms with Crippen molar-refractivity contribution in [1.82, 2.24) is 9.78 Å². The molecule has 0 saturated heterocycles. The van der Waals surface area contributed by atoms with Crippen LogP contribution in [0.25, 0.3) is 11.1 Å². The molecule has 1 heterocycles. The molecule has 0 aliphatic carbocycles. The zero-order chi connectivity index (χ0) is 12.4. The molecule has 0 aliphatic heterocycles. The van der Waals surface area contributed by atoms with Crippen LogP contribution in [-0.4, -0.2) is 9.78 Å². The lowest BCUT2D eigenvalue weighted by Gasteiger charge is -2.06. The van der Waals surface area contributed by atoms with E-state index >= 15 is 0 Å². The summed E-state index contributed by atoms with van der Waals surface area (Å²) in [5.74, 6) is 0.424. The molecule has 0 amide bonds. The molecule has 1 aromatic carbocycles. The Kier molecular flexibility index (Phi) is 3.29. The summed E-state index contributed by atoms with van der Waals surface area (Å²) < 4.78 is 1.87. The number of benzene rings is 1. The van der Waals surface area contributed by atoms with E-state index < -0.39 is 0 Å². The van der Waals surface area contributed by atoms with Crippen LogP contribution < -0.4 is 5.73 Å². The number of nitrogens with zero attached hydrogens (tertiary/aromatic N) is 2. The zero-order valence-electron chi connectivity index (χ0n) is 10.6. The first kappa shape index (κ1) is 11.9. The van der Waals surface area contributed by atoms with E-state index in [0.29, 0.717) is 12.5 Å². The van der Waals surface area contributed by atoms with Crippen LogP contribution >= 0.6 is 0 Å². The molecule has 0 spiro atoms. The van der Waals surface area contributed by atoms with Crippen molar-refractivity contribution in [2.45, 2.75) is 26.3 Å². The van der Waals surface area contributed by atoms with Crippen LogP contribution in [0.15, 0.2) is 30.5 Å². The number of rotatable bonds is 3. The van der Waals surface area contributed by atoms with Gasteiger partial charge in [0.15, 0.2) is 0 Å². The molecule has 0 unspecified atom stereocenters. The molecular formula is C14H19N3. The number of hydrogen-bond donors (Lipinski definition) is 1. The fourth-order valence-electron chi connectivity index (χ4n) is 2.02. The topological polar surface area (TPSA) is 43.8 Å². The number of aryl methyl sites for hydroxylation is 1. The summed E-state index contributed by atoms with van der Waals surface area (Å²) in [6, 6.07) is 8.36. The van der Waals surface area contributed by atoms with E-state index in [0.717, 1.165) is 11.3 Å². The minimum absolute atomic E-state index is 0.424. The number of hydrogen-bond acceptors (Lipinski definition) is 2. The van der Waals surface area contributed by atoms with Crippen molar-refractivity contribution >= 4 is 0 Å². The van der Waals surface area contributed by atoms with Crippen LogP contribution in [0, 0.1) is 0 Å². The Morgan fingerprint density at radius 3 is 2.76 bits per heavy atom. The van der Waals surface area contributed by atoms with E-state index in [1.54, 1.807) is 0 Å². The first-order chi connectivity index (χ1) is 8.11. The van der Waals surface area contributed by atoms with Crippen LogP contribution in [0.2, 0.25) is 0 Å². The summed E-state index contributed by atoms with van der Waals surface area (Å²) in [5.41, 5.74) is 10.4. The van der Waals surface area contributed by atoms with Crippen LogP contribution in [-0.2, 0) is 13.6 Å². The molecule has 2 aromatic rings. The fraction of sp³-hybridized carbons (Fsp3) is 0.357. The molecule has 0 atom stereocenters. The molecule has 0 radical (unpaired) electrons. The Labute approximate surface area is 102 Å². The predicted octanol–water partition coefficient (Wildman–Crippen LogP) is 2.67. The van der Waals surface area contributed by atoms with Gasteiger partial charge >= 0.3 is 0 Å². The maximum Gasteiger partial charge on any atom is 0.0728 e. The van der Waals surface area contributed by atoms with Crippen molar-refractivity contribution in [3.63, 3.8) is 0 Å². The standard InChI is InChI=1S/C14H19N3/c1-10(2)14-13(9-17(3)16-14)12-6-4-5-11(7-12)8-15/h4-7,9-10H,8,15H2,1-3H3. The quantitative estimate of drug-likeness (QED) is 0.879. The van der Waals surface area contributed by atoms with Gasteiger partial charge in [-0.2, -0.15) is 5.10 Å². The third kappa shape index (κ3) is 2.39. The third-order valence-electron chi connectivity index (χ3n) is 2.88. The monoisotopic (exact) mass is 229 g/mol.